The molecule has 0 bridgehead atoms. The third-order valence-corrected chi connectivity index (χ3v) is 29.7. The van der Waals surface area contributed by atoms with Crippen LogP contribution < -0.4 is 91.6 Å². The number of halogens is 1. The molecule has 18 atom stereocenters. The Bertz CT molecular complexity index is 4350. The molecule has 0 spiro atoms. The maximum absolute atomic E-state index is 15.7. The molecule has 8 fully saturated rings. The summed E-state index contributed by atoms with van der Waals surface area (Å²) in [5.74, 6) is -25.5. The smallest absolute Gasteiger partial charge is 0.317 e. The van der Waals surface area contributed by atoms with E-state index in [9.17, 15) is 97.4 Å². The zero-order valence-corrected chi connectivity index (χ0v) is 82.2. The summed E-state index contributed by atoms with van der Waals surface area (Å²) < 4.78 is 14.6. The first kappa shape index (κ1) is 116. The van der Waals surface area contributed by atoms with E-state index in [-0.39, 0.29) is 199 Å². The van der Waals surface area contributed by atoms with Crippen molar-refractivity contribution in [3.8, 4) is 0 Å². The number of aliphatic carboxylic acids is 5. The third kappa shape index (κ3) is 39.7. The molecular weight excluding hydrogens is 1900 g/mol. The molecule has 0 aromatic carbocycles. The quantitative estimate of drug-likeness (QED) is 0.0200. The summed E-state index contributed by atoms with van der Waals surface area (Å²) in [5, 5.41) is 97.3. The van der Waals surface area contributed by atoms with Gasteiger partial charge in [0.25, 0.3) is 0 Å². The Kier molecular flexibility index (Phi) is 48.3. The van der Waals surface area contributed by atoms with E-state index >= 15 is 38.4 Å². The van der Waals surface area contributed by atoms with Crippen molar-refractivity contribution in [2.45, 2.75) is 290 Å². The highest BCUT2D eigenvalue weighted by atomic mass is 33.1. The zero-order valence-electron chi connectivity index (χ0n) is 80.6. The van der Waals surface area contributed by atoms with Crippen LogP contribution in [0.3, 0.4) is 0 Å². The van der Waals surface area contributed by atoms with Gasteiger partial charge in [-0.2, -0.15) is 0 Å². The van der Waals surface area contributed by atoms with Crippen molar-refractivity contribution in [2.75, 3.05) is 116 Å². The number of carboxylic acid groups (broad SMARTS) is 5. The first-order valence-electron chi connectivity index (χ1n) is 49.2. The van der Waals surface area contributed by atoms with Crippen molar-refractivity contribution >= 4 is 146 Å². The Labute approximate surface area is 830 Å². The van der Waals surface area contributed by atoms with Gasteiger partial charge in [-0.15, -0.1) is 0 Å². The van der Waals surface area contributed by atoms with Crippen LogP contribution in [0, 0.1) is 29.6 Å². The third-order valence-electron chi connectivity index (χ3n) is 27.3. The van der Waals surface area contributed by atoms with E-state index in [4.69, 9.17) is 17.2 Å². The average Bonchev–Trinajstić information content (AvgIpc) is 1.57. The van der Waals surface area contributed by atoms with E-state index < -0.39 is 271 Å². The number of unbranched alkanes of at least 4 members (excludes halogenated alkanes) is 2. The minimum Gasteiger partial charge on any atom is -0.481 e. The van der Waals surface area contributed by atoms with E-state index in [0.717, 1.165) is 77.9 Å². The number of hydrogen-bond donors (Lipinski definition) is 23. The van der Waals surface area contributed by atoms with Crippen molar-refractivity contribution in [2.24, 2.45) is 46.8 Å². The lowest BCUT2D eigenvalue weighted by molar-refractivity contribution is -0.142. The second-order valence-electron chi connectivity index (χ2n) is 38.8. The monoisotopic (exact) mass is 2050 g/mol. The van der Waals surface area contributed by atoms with Gasteiger partial charge in [0.2, 0.25) is 94.5 Å². The first-order valence-corrected chi connectivity index (χ1v) is 51.7. The molecule has 52 heteroatoms. The number of carbonyl (C=O) groups excluding carboxylic acids is 16. The highest BCUT2D eigenvalue weighted by Gasteiger charge is 2.47. The summed E-state index contributed by atoms with van der Waals surface area (Å²) in [7, 11) is 1.46. The van der Waals surface area contributed by atoms with Crippen LogP contribution in [0.1, 0.15) is 194 Å². The van der Waals surface area contributed by atoms with E-state index in [1.807, 2.05) is 0 Å². The number of rotatable bonds is 43. The predicted octanol–water partition coefficient (Wildman–Crippen LogP) is -6.13. The van der Waals surface area contributed by atoms with Gasteiger partial charge in [0.15, 0.2) is 0 Å². The lowest BCUT2D eigenvalue weighted by Crippen LogP contribution is -2.61. The van der Waals surface area contributed by atoms with Gasteiger partial charge >= 0.3 is 29.8 Å². The number of carbonyl (C=O) groups is 21. The fourth-order valence-corrected chi connectivity index (χ4v) is 22.2. The number of nitrogens with one attached hydrogen (secondary N) is 14. The lowest BCUT2D eigenvalue weighted by atomic mass is 9.77. The van der Waals surface area contributed by atoms with Crippen molar-refractivity contribution in [3.63, 3.8) is 0 Å². The van der Waals surface area contributed by atoms with Gasteiger partial charge in [0.05, 0.1) is 52.0 Å². The number of alkyl halides is 1. The number of amides is 16. The number of aliphatic hydroxyl groups is 1. The molecule has 796 valence electrons. The van der Waals surface area contributed by atoms with Crippen molar-refractivity contribution in [3.05, 3.63) is 0 Å². The molecule has 16 amide bonds. The zero-order chi connectivity index (χ0) is 104. The maximum atomic E-state index is 15.7. The SMILES string of the molecule is CC(C)C[C@@H]1NC(=O)[C@H](CC2CC3CCCCC3N2)NC(=O)[C@@H](NC(=O)[C@H](CC(=O)O)NC(=O)[C@H](CO)NC(=O)CCCCCNC(=O)CN2CCN(CC(=O)O)CCN(CC(=O)O)CCN(CC(=O)O)CC2)CSSC[C@@H](C(=O)N2CCC[C@H]2C(=O)N[C@@H](CC2CCC(F)CC2)C(=O)N[C@@H](CC(=O)O)C(N)=O)NC(=O)[C@H](CC(N)=O)NC(=O)[C@H](CC2CNC3CCCCC23)NC(=O)[C@H](CCC(N)=O)NC1=O. The summed E-state index contributed by atoms with van der Waals surface area (Å²) >= 11 is 0. The van der Waals surface area contributed by atoms with Crippen molar-refractivity contribution in [1.82, 2.24) is 98.9 Å². The van der Waals surface area contributed by atoms with Crippen molar-refractivity contribution < 1.29 is 136 Å². The predicted molar refractivity (Wildman–Crippen MR) is 509 cm³/mol. The molecular formula is C90H145FN22O27S2. The number of primary amides is 3. The van der Waals surface area contributed by atoms with Crippen LogP contribution in [-0.2, 0) is 101 Å². The van der Waals surface area contributed by atoms with Crippen LogP contribution in [0.5, 0.6) is 0 Å². The molecule has 5 aliphatic heterocycles. The summed E-state index contributed by atoms with van der Waals surface area (Å²) in [6.07, 6.45) is 2.54. The molecule has 26 N–H and O–H groups in total. The van der Waals surface area contributed by atoms with Gasteiger partial charge in [0, 0.05) is 108 Å². The lowest BCUT2D eigenvalue weighted by Gasteiger charge is -2.32. The normalized spacial score (nSPS) is 27.4. The standard InChI is InChI=1S/C90H145FN22O27S2/c1-49(2)33-60-81(131)99-58(21-22-70(92)115)80(130)102-62(36-52-41-96-57-14-8-6-12-55(52)57)83(133)104-64(38-71(93)116)85(135)108-68(90(140)113-24-10-15-69(113)89(139)106-61(34-50-17-19-53(91)20-18-50)82(132)100-59(79(94)129)39-74(119)120)48-142-141-47-67(88(138)103-63(84(134)101-60)37-54-35-51-11-5-7-13-56(51)97-54)107-86(136)65(40-75(121)122)105-87(137)66(46-114)98-72(117)16-4-3-9-23-95-73(118)42-109-25-27-110(43-76(123)124)29-31-112(45-78(127)128)32-30-111(28-26-109)44-77(125)126/h49-69,96-97,114H,3-48H2,1-2H3,(H2,92,115)(H2,93,116)(H2,94,129)(H,95,118)(H,98,117)(H,99,131)(H,100,132)(H,101,134)(H,102,130)(H,103,138)(H,104,133)(H,105,137)(H,106,139)(H,107,136)(H,108,135)(H,119,120)(H,121,122)(H,123,124)(H,125,126)(H,127,128)/t50?,51?,52?,53?,54?,55?,56?,57?,58-,59-,60-,61-,62-,63-,64-,65-,66-,67-,68-,69-/m0/s1. The van der Waals surface area contributed by atoms with Crippen LogP contribution in [0.25, 0.3) is 0 Å². The number of hydrogen-bond acceptors (Lipinski definition) is 30. The Morgan fingerprint density at radius 1 is 0.479 bits per heavy atom. The molecule has 5 saturated heterocycles. The van der Waals surface area contributed by atoms with Gasteiger partial charge < -0.3 is 127 Å². The van der Waals surface area contributed by atoms with Crippen LogP contribution >= 0.6 is 21.6 Å². The average molecular weight is 2050 g/mol. The largest absolute Gasteiger partial charge is 0.481 e. The molecule has 0 aromatic rings. The van der Waals surface area contributed by atoms with E-state index in [1.165, 1.54) is 0 Å². The Morgan fingerprint density at radius 2 is 1.01 bits per heavy atom. The topological polar surface area (TPSA) is 743 Å². The molecule has 8 aliphatic rings. The Balaban J connectivity index is 1.08. The second kappa shape index (κ2) is 58.8. The minimum atomic E-state index is -2.14. The molecule has 3 aliphatic carbocycles. The minimum absolute atomic E-state index is 0.00407. The molecule has 6 unspecified atom stereocenters. The van der Waals surface area contributed by atoms with Gasteiger partial charge in [0.1, 0.15) is 78.7 Å². The van der Waals surface area contributed by atoms with Gasteiger partial charge in [-0.25, -0.2) is 4.39 Å². The summed E-state index contributed by atoms with van der Waals surface area (Å²) in [6, 6.07) is -21.5. The molecule has 49 nitrogen and oxygen atoms in total. The fourth-order valence-electron chi connectivity index (χ4n) is 19.9. The Hall–Kier alpha value is -10.8. The van der Waals surface area contributed by atoms with E-state index in [1.54, 1.807) is 33.4 Å². The number of aliphatic hydroxyl groups excluding tert-OH is 1. The van der Waals surface area contributed by atoms with Crippen LogP contribution in [-0.4, -0.2) is 393 Å². The summed E-state index contributed by atoms with van der Waals surface area (Å²) in [4.78, 5) is 299. The Morgan fingerprint density at radius 3 is 1.59 bits per heavy atom. The van der Waals surface area contributed by atoms with Crippen LogP contribution in [0.4, 0.5) is 4.39 Å². The molecule has 5 heterocycles. The number of carboxylic acids is 5. The molecule has 142 heavy (non-hydrogen) atoms. The number of likely N-dealkylation sites (tertiary alicyclic amines) is 1. The molecule has 0 radical (unpaired) electrons. The summed E-state index contributed by atoms with van der Waals surface area (Å²) in [5.41, 5.74) is 17.0. The number of fused-ring (bicyclic) bond motifs is 2. The number of nitrogens with two attached hydrogens (primary N) is 3. The first-order chi connectivity index (χ1) is 67.5. The fraction of sp³-hybridized carbons (Fsp3) is 0.767. The van der Waals surface area contributed by atoms with Gasteiger partial charge in [-0.3, -0.25) is 120 Å². The van der Waals surface area contributed by atoms with Crippen LogP contribution in [0.2, 0.25) is 0 Å². The van der Waals surface area contributed by atoms with Gasteiger partial charge in [-0.1, -0.05) is 67.5 Å². The maximum Gasteiger partial charge on any atom is 0.317 e. The highest BCUT2D eigenvalue weighted by molar-refractivity contribution is 8.76. The number of nitrogens with zero attached hydrogens (tertiary/aromatic N) is 5. The van der Waals surface area contributed by atoms with Gasteiger partial charge in [-0.05, 0) is 152 Å². The molecule has 8 rings (SSSR count). The second-order valence-corrected chi connectivity index (χ2v) is 41.4. The molecule has 0 aromatic heterocycles. The molecule has 3 saturated carbocycles. The summed E-state index contributed by atoms with van der Waals surface area (Å²) in [6.45, 7) is 2.65. The van der Waals surface area contributed by atoms with Crippen molar-refractivity contribution in [1.29, 1.82) is 0 Å². The highest BCUT2D eigenvalue weighted by Crippen LogP contribution is 2.39. The van der Waals surface area contributed by atoms with Crippen LogP contribution in [0.15, 0.2) is 0 Å². The van der Waals surface area contributed by atoms with E-state index in [2.05, 4.69) is 74.4 Å². The van der Waals surface area contributed by atoms with E-state index in [0.29, 0.717) is 25.8 Å².